The predicted molar refractivity (Wildman–Crippen MR) is 96.2 cm³/mol. The van der Waals surface area contributed by atoms with Gasteiger partial charge in [0, 0.05) is 23.5 Å². The Kier molecular flexibility index (Phi) is 5.67. The average molecular weight is 390 g/mol. The van der Waals surface area contributed by atoms with Gasteiger partial charge in [0.15, 0.2) is 0 Å². The SMILES string of the molecule is O=C(OCc1ccccc1)C(Cc1c[nH]c2ccccc12)NC(=O)C(F)(F)F. The molecule has 0 bridgehead atoms. The minimum atomic E-state index is -5.10. The quantitative estimate of drug-likeness (QED) is 0.633. The number of benzene rings is 2. The Morgan fingerprint density at radius 3 is 2.43 bits per heavy atom. The van der Waals surface area contributed by atoms with E-state index in [0.717, 1.165) is 10.9 Å². The molecule has 1 amide bonds. The summed E-state index contributed by atoms with van der Waals surface area (Å²) in [6.07, 6.45) is -3.64. The fraction of sp³-hybridized carbons (Fsp3) is 0.200. The standard InChI is InChI=1S/C20H17F3N2O3/c21-20(22,23)19(27)25-17(18(26)28-12-13-6-2-1-3-7-13)10-14-11-24-16-9-5-4-8-15(14)16/h1-9,11,17,24H,10,12H2,(H,25,27). The molecular formula is C20H17F3N2O3. The normalized spacial score (nSPS) is 12.5. The number of amides is 1. The molecule has 2 N–H and O–H groups in total. The number of alkyl halides is 3. The van der Waals surface area contributed by atoms with Gasteiger partial charge in [-0.15, -0.1) is 0 Å². The Balaban J connectivity index is 1.78. The van der Waals surface area contributed by atoms with Crippen molar-refractivity contribution in [2.24, 2.45) is 0 Å². The number of carbonyl (C=O) groups excluding carboxylic acids is 2. The topological polar surface area (TPSA) is 71.2 Å². The maximum atomic E-state index is 12.7. The fourth-order valence-electron chi connectivity index (χ4n) is 2.78. The molecule has 0 radical (unpaired) electrons. The van der Waals surface area contributed by atoms with Gasteiger partial charge in [0.05, 0.1) is 0 Å². The van der Waals surface area contributed by atoms with Crippen molar-refractivity contribution < 1.29 is 27.5 Å². The number of para-hydroxylation sites is 1. The third-order valence-corrected chi connectivity index (χ3v) is 4.17. The van der Waals surface area contributed by atoms with Crippen molar-refractivity contribution in [3.63, 3.8) is 0 Å². The van der Waals surface area contributed by atoms with E-state index in [1.54, 1.807) is 66.1 Å². The molecular weight excluding hydrogens is 373 g/mol. The van der Waals surface area contributed by atoms with Crippen LogP contribution in [0.4, 0.5) is 13.2 Å². The average Bonchev–Trinajstić information content (AvgIpc) is 3.08. The molecule has 146 valence electrons. The van der Waals surface area contributed by atoms with Gasteiger partial charge < -0.3 is 15.0 Å². The van der Waals surface area contributed by atoms with E-state index in [2.05, 4.69) is 4.98 Å². The number of hydrogen-bond donors (Lipinski definition) is 2. The first-order valence-corrected chi connectivity index (χ1v) is 8.48. The summed E-state index contributed by atoms with van der Waals surface area (Å²) in [5.74, 6) is -3.12. The summed E-state index contributed by atoms with van der Waals surface area (Å²) in [7, 11) is 0. The lowest BCUT2D eigenvalue weighted by Gasteiger charge is -2.18. The number of aromatic amines is 1. The molecule has 1 heterocycles. The van der Waals surface area contributed by atoms with E-state index >= 15 is 0 Å². The number of hydrogen-bond acceptors (Lipinski definition) is 3. The molecule has 0 aliphatic heterocycles. The zero-order chi connectivity index (χ0) is 20.1. The Morgan fingerprint density at radius 2 is 1.71 bits per heavy atom. The van der Waals surface area contributed by atoms with Crippen molar-refractivity contribution in [2.75, 3.05) is 0 Å². The third-order valence-electron chi connectivity index (χ3n) is 4.17. The Labute approximate surface area is 158 Å². The monoisotopic (exact) mass is 390 g/mol. The molecule has 0 spiro atoms. The Bertz CT molecular complexity index is 967. The van der Waals surface area contributed by atoms with E-state index in [4.69, 9.17) is 4.74 Å². The van der Waals surface area contributed by atoms with Crippen LogP contribution in [0.15, 0.2) is 60.8 Å². The summed E-state index contributed by atoms with van der Waals surface area (Å²) >= 11 is 0. The maximum absolute atomic E-state index is 12.7. The number of fused-ring (bicyclic) bond motifs is 1. The zero-order valence-electron chi connectivity index (χ0n) is 14.6. The molecule has 5 nitrogen and oxygen atoms in total. The second-order valence-electron chi connectivity index (χ2n) is 6.18. The highest BCUT2D eigenvalue weighted by Gasteiger charge is 2.41. The fourth-order valence-corrected chi connectivity index (χ4v) is 2.78. The molecule has 0 fully saturated rings. The van der Waals surface area contributed by atoms with Gasteiger partial charge in [0.25, 0.3) is 0 Å². The van der Waals surface area contributed by atoms with Crippen LogP contribution >= 0.6 is 0 Å². The number of nitrogens with one attached hydrogen (secondary N) is 2. The molecule has 1 atom stereocenters. The minimum absolute atomic E-state index is 0.105. The van der Waals surface area contributed by atoms with Crippen molar-refractivity contribution in [1.29, 1.82) is 0 Å². The van der Waals surface area contributed by atoms with E-state index < -0.39 is 24.1 Å². The number of rotatable bonds is 6. The first kappa shape index (κ1) is 19.5. The molecule has 28 heavy (non-hydrogen) atoms. The van der Waals surface area contributed by atoms with Crippen LogP contribution in [0.1, 0.15) is 11.1 Å². The van der Waals surface area contributed by atoms with Gasteiger partial charge >= 0.3 is 18.1 Å². The van der Waals surface area contributed by atoms with E-state index in [1.165, 1.54) is 0 Å². The summed E-state index contributed by atoms with van der Waals surface area (Å²) in [5.41, 5.74) is 2.06. The van der Waals surface area contributed by atoms with Crippen LogP contribution < -0.4 is 5.32 Å². The summed E-state index contributed by atoms with van der Waals surface area (Å²) in [6.45, 7) is -0.105. The van der Waals surface area contributed by atoms with Crippen LogP contribution in [-0.2, 0) is 27.4 Å². The summed E-state index contributed by atoms with van der Waals surface area (Å²) in [5, 5.41) is 2.50. The Hall–Kier alpha value is -3.29. The van der Waals surface area contributed by atoms with Crippen molar-refractivity contribution in [1.82, 2.24) is 10.3 Å². The van der Waals surface area contributed by atoms with E-state index in [1.807, 2.05) is 0 Å². The number of halogens is 3. The molecule has 1 aromatic heterocycles. The summed E-state index contributed by atoms with van der Waals surface area (Å²) in [6, 6.07) is 14.4. The van der Waals surface area contributed by atoms with Crippen LogP contribution in [0.5, 0.6) is 0 Å². The van der Waals surface area contributed by atoms with Crippen LogP contribution in [-0.4, -0.2) is 29.1 Å². The van der Waals surface area contributed by atoms with E-state index in [-0.39, 0.29) is 13.0 Å². The van der Waals surface area contributed by atoms with Gasteiger partial charge in [-0.2, -0.15) is 13.2 Å². The van der Waals surface area contributed by atoms with Crippen molar-refractivity contribution in [3.8, 4) is 0 Å². The van der Waals surface area contributed by atoms with Crippen LogP contribution in [0.2, 0.25) is 0 Å². The molecule has 3 aromatic rings. The molecule has 0 saturated carbocycles. The van der Waals surface area contributed by atoms with Crippen LogP contribution in [0.3, 0.4) is 0 Å². The second kappa shape index (κ2) is 8.16. The molecule has 0 saturated heterocycles. The number of ether oxygens (including phenoxy) is 1. The smallest absolute Gasteiger partial charge is 0.459 e. The predicted octanol–water partition coefficient (Wildman–Crippen LogP) is 3.50. The third kappa shape index (κ3) is 4.70. The number of H-pyrrole nitrogens is 1. The first-order valence-electron chi connectivity index (χ1n) is 8.48. The van der Waals surface area contributed by atoms with Gasteiger partial charge in [-0.3, -0.25) is 4.79 Å². The lowest BCUT2D eigenvalue weighted by Crippen LogP contribution is -2.48. The van der Waals surface area contributed by atoms with E-state index in [9.17, 15) is 22.8 Å². The molecule has 3 rings (SSSR count). The van der Waals surface area contributed by atoms with Gasteiger partial charge in [-0.05, 0) is 17.2 Å². The van der Waals surface area contributed by atoms with Gasteiger partial charge in [0.1, 0.15) is 12.6 Å². The van der Waals surface area contributed by atoms with Gasteiger partial charge in [0.2, 0.25) is 0 Å². The maximum Gasteiger partial charge on any atom is 0.471 e. The molecule has 0 aliphatic carbocycles. The van der Waals surface area contributed by atoms with Gasteiger partial charge in [-0.25, -0.2) is 4.79 Å². The first-order chi connectivity index (χ1) is 13.3. The van der Waals surface area contributed by atoms with Crippen LogP contribution in [0.25, 0.3) is 10.9 Å². The largest absolute Gasteiger partial charge is 0.471 e. The number of aromatic nitrogens is 1. The van der Waals surface area contributed by atoms with Crippen molar-refractivity contribution >= 4 is 22.8 Å². The summed E-state index contributed by atoms with van der Waals surface area (Å²) < 4.78 is 43.2. The highest BCUT2D eigenvalue weighted by Crippen LogP contribution is 2.21. The number of carbonyl (C=O) groups is 2. The lowest BCUT2D eigenvalue weighted by atomic mass is 10.0. The van der Waals surface area contributed by atoms with Crippen molar-refractivity contribution in [2.45, 2.75) is 25.2 Å². The highest BCUT2D eigenvalue weighted by atomic mass is 19.4. The number of esters is 1. The summed E-state index contributed by atoms with van der Waals surface area (Å²) in [4.78, 5) is 26.8. The molecule has 0 aliphatic rings. The minimum Gasteiger partial charge on any atom is -0.459 e. The highest BCUT2D eigenvalue weighted by molar-refractivity contribution is 5.89. The molecule has 1 unspecified atom stereocenters. The Morgan fingerprint density at radius 1 is 1.04 bits per heavy atom. The second-order valence-corrected chi connectivity index (χ2v) is 6.18. The lowest BCUT2D eigenvalue weighted by molar-refractivity contribution is -0.176. The van der Waals surface area contributed by atoms with Crippen molar-refractivity contribution in [3.05, 3.63) is 71.9 Å². The van der Waals surface area contributed by atoms with E-state index in [0.29, 0.717) is 11.1 Å². The van der Waals surface area contributed by atoms with Crippen LogP contribution in [0, 0.1) is 0 Å². The molecule has 8 heteroatoms. The zero-order valence-corrected chi connectivity index (χ0v) is 14.6. The van der Waals surface area contributed by atoms with Gasteiger partial charge in [-0.1, -0.05) is 48.5 Å². The molecule has 2 aromatic carbocycles.